The van der Waals surface area contributed by atoms with Crippen LogP contribution in [-0.2, 0) is 19.3 Å². The molecule has 3 aromatic rings. The van der Waals surface area contributed by atoms with Crippen molar-refractivity contribution in [3.05, 3.63) is 112 Å². The van der Waals surface area contributed by atoms with Crippen molar-refractivity contribution in [2.24, 2.45) is 0 Å². The van der Waals surface area contributed by atoms with E-state index >= 15 is 0 Å². The highest BCUT2D eigenvalue weighted by atomic mass is 19.4. The van der Waals surface area contributed by atoms with Gasteiger partial charge in [0, 0.05) is 42.7 Å². The molecule has 9 heteroatoms. The molecular formula is C23H20F3N3O3. The molecular weight excluding hydrogens is 423 g/mol. The van der Waals surface area contributed by atoms with Crippen LogP contribution in [0.25, 0.3) is 0 Å². The first kappa shape index (κ1) is 22.8. The molecule has 0 unspecified atom stereocenters. The van der Waals surface area contributed by atoms with E-state index in [0.717, 1.165) is 12.1 Å². The maximum absolute atomic E-state index is 13.0. The van der Waals surface area contributed by atoms with E-state index in [0.29, 0.717) is 11.3 Å². The number of nitro groups is 1. The van der Waals surface area contributed by atoms with Crippen LogP contribution in [0, 0.1) is 10.1 Å². The zero-order valence-corrected chi connectivity index (χ0v) is 17.0. The van der Waals surface area contributed by atoms with Crippen molar-refractivity contribution >= 4 is 11.6 Å². The Morgan fingerprint density at radius 1 is 1.12 bits per heavy atom. The first-order valence-corrected chi connectivity index (χ1v) is 9.64. The Balaban J connectivity index is 1.82. The van der Waals surface area contributed by atoms with Crippen LogP contribution in [-0.4, -0.2) is 26.8 Å². The molecule has 0 atom stereocenters. The molecule has 0 aliphatic rings. The van der Waals surface area contributed by atoms with Gasteiger partial charge in [-0.05, 0) is 35.9 Å². The van der Waals surface area contributed by atoms with Crippen LogP contribution in [0.4, 0.5) is 18.9 Å². The highest BCUT2D eigenvalue weighted by Crippen LogP contribution is 2.29. The predicted molar refractivity (Wildman–Crippen MR) is 113 cm³/mol. The highest BCUT2D eigenvalue weighted by Gasteiger charge is 2.30. The van der Waals surface area contributed by atoms with E-state index in [1.54, 1.807) is 29.0 Å². The number of benzene rings is 2. The van der Waals surface area contributed by atoms with E-state index < -0.39 is 22.6 Å². The van der Waals surface area contributed by atoms with Gasteiger partial charge < -0.3 is 9.47 Å². The fraction of sp³-hybridized carbons (Fsp3) is 0.174. The van der Waals surface area contributed by atoms with Gasteiger partial charge in [0.15, 0.2) is 0 Å². The molecule has 1 amide bonds. The third-order valence-electron chi connectivity index (χ3n) is 4.82. The van der Waals surface area contributed by atoms with Crippen LogP contribution in [0.5, 0.6) is 0 Å². The van der Waals surface area contributed by atoms with E-state index in [1.807, 2.05) is 0 Å². The fourth-order valence-electron chi connectivity index (χ4n) is 3.30. The number of nitrogens with zero attached hydrogens (tertiary/aromatic N) is 3. The molecule has 0 aliphatic heterocycles. The van der Waals surface area contributed by atoms with Gasteiger partial charge in [0.2, 0.25) is 0 Å². The van der Waals surface area contributed by atoms with Gasteiger partial charge in [-0.3, -0.25) is 14.9 Å². The van der Waals surface area contributed by atoms with Crippen molar-refractivity contribution in [1.29, 1.82) is 0 Å². The van der Waals surface area contributed by atoms with Gasteiger partial charge in [0.05, 0.1) is 17.0 Å². The number of carbonyl (C=O) groups is 1. The topological polar surface area (TPSA) is 68.4 Å². The molecule has 0 fully saturated rings. The largest absolute Gasteiger partial charge is 0.416 e. The summed E-state index contributed by atoms with van der Waals surface area (Å²) in [7, 11) is 0. The molecule has 166 valence electrons. The molecule has 0 saturated carbocycles. The summed E-state index contributed by atoms with van der Waals surface area (Å²) in [4.78, 5) is 24.9. The lowest BCUT2D eigenvalue weighted by atomic mass is 10.1. The second kappa shape index (κ2) is 9.51. The van der Waals surface area contributed by atoms with E-state index in [-0.39, 0.29) is 30.9 Å². The number of halogens is 3. The van der Waals surface area contributed by atoms with Crippen molar-refractivity contribution in [2.45, 2.75) is 19.3 Å². The van der Waals surface area contributed by atoms with Gasteiger partial charge in [0.1, 0.15) is 0 Å². The Morgan fingerprint density at radius 3 is 2.56 bits per heavy atom. The van der Waals surface area contributed by atoms with E-state index in [4.69, 9.17) is 0 Å². The molecule has 3 rings (SSSR count). The van der Waals surface area contributed by atoms with Crippen molar-refractivity contribution < 1.29 is 22.9 Å². The lowest BCUT2D eigenvalue weighted by molar-refractivity contribution is -0.384. The Labute approximate surface area is 182 Å². The Bertz CT molecular complexity index is 1140. The summed E-state index contributed by atoms with van der Waals surface area (Å²) in [5.41, 5.74) is 0.415. The van der Waals surface area contributed by atoms with Crippen LogP contribution in [0.3, 0.4) is 0 Å². The van der Waals surface area contributed by atoms with E-state index in [9.17, 15) is 28.1 Å². The predicted octanol–water partition coefficient (Wildman–Crippen LogP) is 5.29. The van der Waals surface area contributed by atoms with Gasteiger partial charge in [0.25, 0.3) is 11.6 Å². The minimum Gasteiger partial charge on any atom is -0.345 e. The molecule has 0 bridgehead atoms. The molecule has 0 aliphatic carbocycles. The number of hydrogen-bond acceptors (Lipinski definition) is 3. The molecule has 0 spiro atoms. The summed E-state index contributed by atoms with van der Waals surface area (Å²) in [5.74, 6) is -0.416. The zero-order valence-electron chi connectivity index (χ0n) is 17.0. The zero-order chi connectivity index (χ0) is 23.3. The maximum Gasteiger partial charge on any atom is 0.416 e. The summed E-state index contributed by atoms with van der Waals surface area (Å²) in [6.07, 6.45) is -1.17. The second-order valence-electron chi connectivity index (χ2n) is 7.11. The number of rotatable bonds is 8. The SMILES string of the molecule is C=CCN(Cc1cccn1Cc1cccc(C(F)(F)F)c1)C(=O)c1cccc([N+](=O)[O-])c1. The van der Waals surface area contributed by atoms with Gasteiger partial charge >= 0.3 is 6.18 Å². The molecule has 1 heterocycles. The average Bonchev–Trinajstić information content (AvgIpc) is 3.19. The minimum absolute atomic E-state index is 0.152. The van der Waals surface area contributed by atoms with Gasteiger partial charge in [-0.1, -0.05) is 24.3 Å². The monoisotopic (exact) mass is 443 g/mol. The van der Waals surface area contributed by atoms with Crippen LogP contribution < -0.4 is 0 Å². The van der Waals surface area contributed by atoms with E-state index in [1.165, 1.54) is 41.3 Å². The Kier molecular flexibility index (Phi) is 6.77. The third kappa shape index (κ3) is 5.42. The van der Waals surface area contributed by atoms with Crippen LogP contribution in [0.15, 0.2) is 79.5 Å². The number of nitro benzene ring substituents is 1. The quantitative estimate of drug-likeness (QED) is 0.270. The lowest BCUT2D eigenvalue weighted by Gasteiger charge is -2.22. The average molecular weight is 443 g/mol. The molecule has 0 N–H and O–H groups in total. The number of carbonyl (C=O) groups excluding carboxylic acids is 1. The van der Waals surface area contributed by atoms with Gasteiger partial charge in [-0.15, -0.1) is 6.58 Å². The first-order chi connectivity index (χ1) is 15.2. The Hall–Kier alpha value is -3.88. The lowest BCUT2D eigenvalue weighted by Crippen LogP contribution is -2.31. The van der Waals surface area contributed by atoms with Crippen LogP contribution in [0.2, 0.25) is 0 Å². The number of amides is 1. The second-order valence-corrected chi connectivity index (χ2v) is 7.11. The third-order valence-corrected chi connectivity index (χ3v) is 4.82. The number of hydrogen-bond donors (Lipinski definition) is 0. The first-order valence-electron chi connectivity index (χ1n) is 9.64. The van der Waals surface area contributed by atoms with Gasteiger partial charge in [-0.25, -0.2) is 0 Å². The fourth-order valence-corrected chi connectivity index (χ4v) is 3.30. The number of aromatic nitrogens is 1. The van der Waals surface area contributed by atoms with Crippen molar-refractivity contribution in [2.75, 3.05) is 6.54 Å². The van der Waals surface area contributed by atoms with Gasteiger partial charge in [-0.2, -0.15) is 13.2 Å². The van der Waals surface area contributed by atoms with Crippen LogP contribution in [0.1, 0.15) is 27.2 Å². The maximum atomic E-state index is 13.0. The summed E-state index contributed by atoms with van der Waals surface area (Å²) < 4.78 is 40.8. The molecule has 0 radical (unpaired) electrons. The van der Waals surface area contributed by atoms with Crippen molar-refractivity contribution in [1.82, 2.24) is 9.47 Å². The smallest absolute Gasteiger partial charge is 0.345 e. The van der Waals surface area contributed by atoms with Crippen LogP contribution >= 0.6 is 0 Å². The standard InChI is InChI=1S/C23H20F3N3O3/c1-2-11-28(22(30)18-7-4-9-20(14-18)29(31)32)16-21-10-5-12-27(21)15-17-6-3-8-19(13-17)23(24,25)26/h2-10,12-14H,1,11,15-16H2. The number of non-ortho nitro benzene ring substituents is 1. The highest BCUT2D eigenvalue weighted by molar-refractivity contribution is 5.94. The van der Waals surface area contributed by atoms with E-state index in [2.05, 4.69) is 6.58 Å². The molecule has 0 saturated heterocycles. The summed E-state index contributed by atoms with van der Waals surface area (Å²) in [6.45, 7) is 4.20. The summed E-state index contributed by atoms with van der Waals surface area (Å²) in [6, 6.07) is 14.0. The molecule has 32 heavy (non-hydrogen) atoms. The molecule has 6 nitrogen and oxygen atoms in total. The Morgan fingerprint density at radius 2 is 1.88 bits per heavy atom. The normalized spacial score (nSPS) is 11.2. The van der Waals surface area contributed by atoms with Crippen molar-refractivity contribution in [3.63, 3.8) is 0 Å². The number of alkyl halides is 3. The minimum atomic E-state index is -4.43. The van der Waals surface area contributed by atoms with Crippen molar-refractivity contribution in [3.8, 4) is 0 Å². The summed E-state index contributed by atoms with van der Waals surface area (Å²) >= 11 is 0. The summed E-state index contributed by atoms with van der Waals surface area (Å²) in [5, 5.41) is 11.0. The molecule has 1 aromatic heterocycles. The molecule has 2 aromatic carbocycles.